The van der Waals surface area contributed by atoms with Crippen molar-refractivity contribution in [1.29, 1.82) is 0 Å². The Kier molecular flexibility index (Phi) is 6.18. The van der Waals surface area contributed by atoms with Crippen molar-refractivity contribution in [2.75, 3.05) is 35.6 Å². The van der Waals surface area contributed by atoms with Gasteiger partial charge < -0.3 is 21.1 Å². The fraction of sp³-hybridized carbons (Fsp3) is 0.478. The average Bonchev–Trinajstić information content (AvgIpc) is 3.32. The largest absolute Gasteiger partial charge is 0.394 e. The van der Waals surface area contributed by atoms with E-state index in [9.17, 15) is 5.11 Å². The molecule has 3 aromatic rings. The smallest absolute Gasteiger partial charge is 0.222 e. The maximum atomic E-state index is 9.95. The molecule has 8 nitrogen and oxygen atoms in total. The quantitative estimate of drug-likeness (QED) is 0.505. The molecule has 3 aromatic heterocycles. The number of nitrogens with zero attached hydrogens (tertiary/aromatic N) is 5. The number of nitrogen functional groups attached to an aromatic ring is 1. The van der Waals surface area contributed by atoms with Crippen LogP contribution in [-0.2, 0) is 0 Å². The minimum Gasteiger partial charge on any atom is -0.394 e. The molecule has 8 heteroatoms. The predicted molar refractivity (Wildman–Crippen MR) is 125 cm³/mol. The van der Waals surface area contributed by atoms with Crippen molar-refractivity contribution in [3.05, 3.63) is 30.6 Å². The molecule has 1 aliphatic rings. The zero-order chi connectivity index (χ0) is 21.8. The van der Waals surface area contributed by atoms with Crippen LogP contribution < -0.4 is 16.0 Å². The molecule has 0 unspecified atom stereocenters. The van der Waals surface area contributed by atoms with E-state index in [0.717, 1.165) is 54.8 Å². The first kappa shape index (κ1) is 21.2. The van der Waals surface area contributed by atoms with Crippen LogP contribution in [0.15, 0.2) is 30.6 Å². The van der Waals surface area contributed by atoms with Crippen molar-refractivity contribution in [3.8, 4) is 11.3 Å². The molecule has 1 fully saturated rings. The van der Waals surface area contributed by atoms with Gasteiger partial charge in [-0.2, -0.15) is 4.98 Å². The Bertz CT molecular complexity index is 1030. The first-order valence-corrected chi connectivity index (χ1v) is 11.0. The number of aliphatic hydroxyl groups excluding tert-OH is 1. The fourth-order valence-electron chi connectivity index (χ4n) is 4.00. The highest BCUT2D eigenvalue weighted by atomic mass is 16.3. The second-order valence-electron chi connectivity index (χ2n) is 8.56. The lowest BCUT2D eigenvalue weighted by Gasteiger charge is -2.29. The number of nitrogens with one attached hydrogen (secondary N) is 1. The minimum atomic E-state index is -0.488. The van der Waals surface area contributed by atoms with Gasteiger partial charge in [0.1, 0.15) is 11.6 Å². The van der Waals surface area contributed by atoms with Crippen LogP contribution in [0.5, 0.6) is 0 Å². The molecule has 0 amide bonds. The summed E-state index contributed by atoms with van der Waals surface area (Å²) in [6, 6.07) is 6.01. The second-order valence-corrected chi connectivity index (χ2v) is 8.56. The highest BCUT2D eigenvalue weighted by molar-refractivity contribution is 5.91. The maximum absolute atomic E-state index is 9.95. The van der Waals surface area contributed by atoms with Crippen LogP contribution >= 0.6 is 0 Å². The van der Waals surface area contributed by atoms with Crippen LogP contribution in [0.3, 0.4) is 0 Å². The number of rotatable bonds is 8. The van der Waals surface area contributed by atoms with E-state index in [1.807, 2.05) is 31.3 Å². The van der Waals surface area contributed by atoms with Crippen molar-refractivity contribution >= 4 is 28.5 Å². The summed E-state index contributed by atoms with van der Waals surface area (Å²) in [5.74, 6) is 1.79. The van der Waals surface area contributed by atoms with Gasteiger partial charge in [-0.05, 0) is 44.4 Å². The van der Waals surface area contributed by atoms with E-state index < -0.39 is 5.54 Å². The summed E-state index contributed by atoms with van der Waals surface area (Å²) in [7, 11) is 0. The summed E-state index contributed by atoms with van der Waals surface area (Å²) in [5, 5.41) is 14.1. The molecule has 1 atom stereocenters. The topological polar surface area (TPSA) is 113 Å². The third kappa shape index (κ3) is 4.69. The van der Waals surface area contributed by atoms with Gasteiger partial charge in [-0.3, -0.25) is 4.98 Å². The van der Waals surface area contributed by atoms with Crippen molar-refractivity contribution in [1.82, 2.24) is 19.9 Å². The molecule has 1 aliphatic heterocycles. The Morgan fingerprint density at radius 3 is 2.65 bits per heavy atom. The van der Waals surface area contributed by atoms with Crippen LogP contribution in [0.4, 0.5) is 17.6 Å². The number of aliphatic hydroxyl groups is 1. The Hall–Kier alpha value is -3.00. The van der Waals surface area contributed by atoms with Gasteiger partial charge in [0.25, 0.3) is 0 Å². The standard InChI is InChI=1S/C23H31N7O/c1-3-4-9-23(2,15-31)29-21-17-14-25-18(12-19(17)27-22(24)28-21)16-7-8-20(26-13-16)30-10-5-6-11-30/h7-8,12-14,31H,3-6,9-11,15H2,1-2H3,(H3,24,27,28,29)/t23-/m1/s1. The molecular formula is C23H31N7O. The lowest BCUT2D eigenvalue weighted by Crippen LogP contribution is -2.39. The molecule has 0 spiro atoms. The number of hydrogen-bond acceptors (Lipinski definition) is 8. The monoisotopic (exact) mass is 421 g/mol. The molecule has 0 radical (unpaired) electrons. The number of hydrogen-bond donors (Lipinski definition) is 3. The van der Waals surface area contributed by atoms with E-state index >= 15 is 0 Å². The molecule has 0 saturated carbocycles. The van der Waals surface area contributed by atoms with Gasteiger partial charge in [-0.15, -0.1) is 0 Å². The summed E-state index contributed by atoms with van der Waals surface area (Å²) < 4.78 is 0. The molecule has 1 saturated heterocycles. The summed E-state index contributed by atoms with van der Waals surface area (Å²) in [6.07, 6.45) is 8.95. The number of anilines is 3. The van der Waals surface area contributed by atoms with E-state index in [2.05, 4.69) is 37.1 Å². The number of pyridine rings is 2. The molecule has 4 heterocycles. The summed E-state index contributed by atoms with van der Waals surface area (Å²) >= 11 is 0. The average molecular weight is 422 g/mol. The van der Waals surface area contributed by atoms with Gasteiger partial charge in [-0.1, -0.05) is 19.8 Å². The van der Waals surface area contributed by atoms with E-state index in [4.69, 9.17) is 5.73 Å². The molecule has 0 bridgehead atoms. The molecule has 4 rings (SSSR count). The van der Waals surface area contributed by atoms with Gasteiger partial charge >= 0.3 is 0 Å². The third-order valence-electron chi connectivity index (χ3n) is 5.92. The fourth-order valence-corrected chi connectivity index (χ4v) is 4.00. The van der Waals surface area contributed by atoms with E-state index in [0.29, 0.717) is 11.3 Å². The highest BCUT2D eigenvalue weighted by Crippen LogP contribution is 2.29. The zero-order valence-electron chi connectivity index (χ0n) is 18.3. The Morgan fingerprint density at radius 2 is 1.97 bits per heavy atom. The van der Waals surface area contributed by atoms with Gasteiger partial charge in [0.05, 0.1) is 28.7 Å². The second kappa shape index (κ2) is 9.01. The molecule has 4 N–H and O–H groups in total. The Labute approximate surface area is 183 Å². The van der Waals surface area contributed by atoms with Gasteiger partial charge in [0, 0.05) is 31.0 Å². The zero-order valence-corrected chi connectivity index (χ0v) is 18.3. The summed E-state index contributed by atoms with van der Waals surface area (Å²) in [6.45, 7) is 6.25. The van der Waals surface area contributed by atoms with Crippen LogP contribution in [-0.4, -0.2) is 50.3 Å². The van der Waals surface area contributed by atoms with Crippen molar-refractivity contribution in [2.24, 2.45) is 0 Å². The van der Waals surface area contributed by atoms with Crippen LogP contribution in [0.25, 0.3) is 22.2 Å². The van der Waals surface area contributed by atoms with E-state index in [1.165, 1.54) is 12.8 Å². The number of aromatic nitrogens is 4. The number of fused-ring (bicyclic) bond motifs is 1. The van der Waals surface area contributed by atoms with Crippen molar-refractivity contribution in [2.45, 2.75) is 51.5 Å². The van der Waals surface area contributed by atoms with Crippen molar-refractivity contribution in [3.63, 3.8) is 0 Å². The minimum absolute atomic E-state index is 0.00104. The lowest BCUT2D eigenvalue weighted by atomic mass is 9.95. The first-order valence-electron chi connectivity index (χ1n) is 11.0. The number of nitrogens with two attached hydrogens (primary N) is 1. The Morgan fingerprint density at radius 1 is 1.16 bits per heavy atom. The van der Waals surface area contributed by atoms with Gasteiger partial charge in [0.2, 0.25) is 5.95 Å². The molecule has 0 aromatic carbocycles. The lowest BCUT2D eigenvalue weighted by molar-refractivity contribution is 0.212. The SMILES string of the molecule is CCCC[C@](C)(CO)Nc1nc(N)nc2cc(-c3ccc(N4CCCC4)nc3)ncc12. The molecule has 31 heavy (non-hydrogen) atoms. The van der Waals surface area contributed by atoms with Gasteiger partial charge in [-0.25, -0.2) is 9.97 Å². The van der Waals surface area contributed by atoms with E-state index in [1.54, 1.807) is 6.20 Å². The highest BCUT2D eigenvalue weighted by Gasteiger charge is 2.24. The van der Waals surface area contributed by atoms with Crippen LogP contribution in [0.1, 0.15) is 46.0 Å². The van der Waals surface area contributed by atoms with Crippen molar-refractivity contribution < 1.29 is 5.11 Å². The molecular weight excluding hydrogens is 390 g/mol. The summed E-state index contributed by atoms with van der Waals surface area (Å²) in [5.41, 5.74) is 7.94. The third-order valence-corrected chi connectivity index (χ3v) is 5.92. The predicted octanol–water partition coefficient (Wildman–Crippen LogP) is 3.62. The molecule has 0 aliphatic carbocycles. The first-order chi connectivity index (χ1) is 15.0. The summed E-state index contributed by atoms with van der Waals surface area (Å²) in [4.78, 5) is 20.4. The van der Waals surface area contributed by atoms with E-state index in [-0.39, 0.29) is 12.6 Å². The Balaban J connectivity index is 1.63. The molecule has 164 valence electrons. The number of unbranched alkanes of at least 4 members (excludes halogenated alkanes) is 1. The normalized spacial score (nSPS) is 15.9. The van der Waals surface area contributed by atoms with Crippen LogP contribution in [0.2, 0.25) is 0 Å². The van der Waals surface area contributed by atoms with Crippen LogP contribution in [0, 0.1) is 0 Å². The van der Waals surface area contributed by atoms with Gasteiger partial charge in [0.15, 0.2) is 0 Å². The maximum Gasteiger partial charge on any atom is 0.222 e.